The van der Waals surface area contributed by atoms with Crippen LogP contribution in [0.15, 0.2) is 54.1 Å². The number of aryl methyl sites for hydroxylation is 1. The van der Waals surface area contributed by atoms with Gasteiger partial charge in [0.1, 0.15) is 6.10 Å². The van der Waals surface area contributed by atoms with Gasteiger partial charge in [-0.3, -0.25) is 0 Å². The molecule has 0 aromatic heterocycles. The molecule has 21 heavy (non-hydrogen) atoms. The summed E-state index contributed by atoms with van der Waals surface area (Å²) in [5.41, 5.74) is 3.05. The first-order valence-corrected chi connectivity index (χ1v) is 7.66. The number of hydrogen-bond donors (Lipinski definition) is 0. The summed E-state index contributed by atoms with van der Waals surface area (Å²) in [4.78, 5) is 11.8. The second-order valence-corrected chi connectivity index (χ2v) is 5.66. The molecule has 0 saturated heterocycles. The number of esters is 1. The number of alkyl halides is 1. The van der Waals surface area contributed by atoms with Gasteiger partial charge in [-0.25, -0.2) is 4.79 Å². The van der Waals surface area contributed by atoms with Gasteiger partial charge in [0.2, 0.25) is 0 Å². The van der Waals surface area contributed by atoms with Gasteiger partial charge in [0.05, 0.1) is 0 Å². The average Bonchev–Trinajstić information content (AvgIpc) is 2.44. The summed E-state index contributed by atoms with van der Waals surface area (Å²) in [5, 5.41) is 0. The fourth-order valence-corrected chi connectivity index (χ4v) is 2.09. The molecule has 0 saturated carbocycles. The molecule has 1 atom stereocenters. The highest BCUT2D eigenvalue weighted by molar-refractivity contribution is 6.19. The maximum atomic E-state index is 11.8. The van der Waals surface area contributed by atoms with E-state index < -0.39 is 0 Å². The Kier molecular flexibility index (Phi) is 7.84. The van der Waals surface area contributed by atoms with E-state index in [4.69, 9.17) is 16.3 Å². The third-order valence-corrected chi connectivity index (χ3v) is 3.37. The number of carbonyl (C=O) groups excluding carboxylic acids is 1. The van der Waals surface area contributed by atoms with Crippen LogP contribution in [0.4, 0.5) is 0 Å². The van der Waals surface area contributed by atoms with Crippen molar-refractivity contribution in [3.8, 4) is 0 Å². The van der Waals surface area contributed by atoms with Crippen molar-refractivity contribution >= 4 is 17.6 Å². The molecule has 114 valence electrons. The molecule has 0 amide bonds. The molecule has 0 bridgehead atoms. The van der Waals surface area contributed by atoms with Crippen molar-refractivity contribution in [2.45, 2.75) is 39.2 Å². The van der Waals surface area contributed by atoms with Crippen LogP contribution in [-0.4, -0.2) is 18.0 Å². The first kappa shape index (κ1) is 17.5. The molecule has 3 heteroatoms. The van der Waals surface area contributed by atoms with Crippen molar-refractivity contribution in [1.82, 2.24) is 0 Å². The van der Waals surface area contributed by atoms with Gasteiger partial charge >= 0.3 is 5.97 Å². The Labute approximate surface area is 132 Å². The lowest BCUT2D eigenvalue weighted by atomic mass is 10.0. The van der Waals surface area contributed by atoms with E-state index in [1.165, 1.54) is 11.6 Å². The van der Waals surface area contributed by atoms with Crippen LogP contribution in [0.25, 0.3) is 0 Å². The van der Waals surface area contributed by atoms with E-state index in [0.717, 1.165) is 24.0 Å². The third-order valence-electron chi connectivity index (χ3n) is 2.99. The highest BCUT2D eigenvalue weighted by Gasteiger charge is 2.14. The molecule has 1 aromatic rings. The topological polar surface area (TPSA) is 26.3 Å². The number of carbonyl (C=O) groups is 1. The van der Waals surface area contributed by atoms with Crippen LogP contribution in [0.2, 0.25) is 0 Å². The zero-order chi connectivity index (χ0) is 15.7. The number of halogens is 1. The molecule has 0 aliphatic rings. The summed E-state index contributed by atoms with van der Waals surface area (Å²) in [6.45, 7) is 7.64. The van der Waals surface area contributed by atoms with Gasteiger partial charge in [0.15, 0.2) is 0 Å². The average molecular weight is 307 g/mol. The number of ether oxygens (including phenoxy) is 1. The number of benzene rings is 1. The number of allylic oxidation sites excluding steroid dienone is 1. The predicted molar refractivity (Wildman–Crippen MR) is 88.6 cm³/mol. The van der Waals surface area contributed by atoms with Gasteiger partial charge in [0.25, 0.3) is 0 Å². The van der Waals surface area contributed by atoms with Crippen molar-refractivity contribution in [3.05, 3.63) is 59.7 Å². The van der Waals surface area contributed by atoms with Crippen LogP contribution in [0.3, 0.4) is 0 Å². The second kappa shape index (κ2) is 9.41. The zero-order valence-electron chi connectivity index (χ0n) is 12.8. The van der Waals surface area contributed by atoms with Crippen molar-refractivity contribution in [3.63, 3.8) is 0 Å². The van der Waals surface area contributed by atoms with Gasteiger partial charge in [0, 0.05) is 18.4 Å². The van der Waals surface area contributed by atoms with Gasteiger partial charge in [-0.2, -0.15) is 0 Å². The van der Waals surface area contributed by atoms with E-state index in [0.29, 0.717) is 12.3 Å². The van der Waals surface area contributed by atoms with E-state index in [-0.39, 0.29) is 12.1 Å². The van der Waals surface area contributed by atoms with Crippen molar-refractivity contribution in [2.24, 2.45) is 0 Å². The highest BCUT2D eigenvalue weighted by atomic mass is 35.5. The molecule has 0 aliphatic carbocycles. The van der Waals surface area contributed by atoms with Crippen LogP contribution in [0.1, 0.15) is 32.3 Å². The highest BCUT2D eigenvalue weighted by Crippen LogP contribution is 2.16. The summed E-state index contributed by atoms with van der Waals surface area (Å²) in [6.07, 6.45) is 3.57. The molecule has 0 unspecified atom stereocenters. The van der Waals surface area contributed by atoms with Gasteiger partial charge < -0.3 is 4.74 Å². The van der Waals surface area contributed by atoms with E-state index >= 15 is 0 Å². The summed E-state index contributed by atoms with van der Waals surface area (Å²) in [7, 11) is 0. The quantitative estimate of drug-likeness (QED) is 0.302. The maximum absolute atomic E-state index is 11.8. The molecule has 0 heterocycles. The summed E-state index contributed by atoms with van der Waals surface area (Å²) >= 11 is 5.78. The second-order valence-electron chi connectivity index (χ2n) is 5.39. The summed E-state index contributed by atoms with van der Waals surface area (Å²) in [5.74, 6) is 0.0950. The van der Waals surface area contributed by atoms with E-state index in [2.05, 4.69) is 18.7 Å². The molecule has 1 rings (SSSR count). The monoisotopic (exact) mass is 306 g/mol. The third kappa shape index (κ3) is 7.72. The Bertz CT molecular complexity index is 487. The number of hydrogen-bond acceptors (Lipinski definition) is 2. The van der Waals surface area contributed by atoms with Gasteiger partial charge in [-0.05, 0) is 32.3 Å². The minimum atomic E-state index is -0.296. The van der Waals surface area contributed by atoms with Crippen LogP contribution in [0, 0.1) is 0 Å². The van der Waals surface area contributed by atoms with Crippen molar-refractivity contribution < 1.29 is 9.53 Å². The Morgan fingerprint density at radius 1 is 1.33 bits per heavy atom. The molecule has 0 fully saturated rings. The Hall–Kier alpha value is -1.54. The fraction of sp³-hybridized carbons (Fsp3) is 0.389. The molecule has 1 aromatic carbocycles. The van der Waals surface area contributed by atoms with Crippen LogP contribution in [-0.2, 0) is 16.0 Å². The number of rotatable bonds is 8. The minimum Gasteiger partial charge on any atom is -0.459 e. The molecule has 0 N–H and O–H groups in total. The van der Waals surface area contributed by atoms with Crippen LogP contribution < -0.4 is 0 Å². The maximum Gasteiger partial charge on any atom is 0.330 e. The fourth-order valence-electron chi connectivity index (χ4n) is 1.99. The Morgan fingerprint density at radius 2 is 2.00 bits per heavy atom. The summed E-state index contributed by atoms with van der Waals surface area (Å²) in [6, 6.07) is 10.2. The van der Waals surface area contributed by atoms with E-state index in [1.807, 2.05) is 32.0 Å². The van der Waals surface area contributed by atoms with Crippen LogP contribution in [0.5, 0.6) is 0 Å². The zero-order valence-corrected chi connectivity index (χ0v) is 13.5. The SMILES string of the molecule is C=C(CCl)C[C@@H](CCc1ccccc1)OC(=O)C=C(C)C. The van der Waals surface area contributed by atoms with E-state index in [9.17, 15) is 4.79 Å². The normalized spacial score (nSPS) is 11.6. The van der Waals surface area contributed by atoms with Gasteiger partial charge in [-0.1, -0.05) is 48.1 Å². The summed E-state index contributed by atoms with van der Waals surface area (Å²) < 4.78 is 5.52. The Morgan fingerprint density at radius 3 is 2.57 bits per heavy atom. The smallest absolute Gasteiger partial charge is 0.330 e. The lowest BCUT2D eigenvalue weighted by Crippen LogP contribution is -2.19. The van der Waals surface area contributed by atoms with Crippen molar-refractivity contribution in [2.75, 3.05) is 5.88 Å². The molecular formula is C18H23ClO2. The van der Waals surface area contributed by atoms with Gasteiger partial charge in [-0.15, -0.1) is 11.6 Å². The predicted octanol–water partition coefficient (Wildman–Crippen LogP) is 4.68. The first-order chi connectivity index (χ1) is 10.0. The lowest BCUT2D eigenvalue weighted by Gasteiger charge is -2.18. The Balaban J connectivity index is 2.61. The minimum absolute atomic E-state index is 0.181. The standard InChI is InChI=1S/C18H23ClO2/c1-14(2)11-18(20)21-17(12-15(3)13-19)10-9-16-7-5-4-6-8-16/h4-8,11,17H,3,9-10,12-13H2,1-2H3/t17-/m1/s1. The van der Waals surface area contributed by atoms with Crippen molar-refractivity contribution in [1.29, 1.82) is 0 Å². The lowest BCUT2D eigenvalue weighted by molar-refractivity contribution is -0.143. The molecular weight excluding hydrogens is 284 g/mol. The largest absolute Gasteiger partial charge is 0.459 e. The molecule has 0 radical (unpaired) electrons. The molecule has 0 aliphatic heterocycles. The first-order valence-electron chi connectivity index (χ1n) is 7.13. The molecule has 0 spiro atoms. The van der Waals surface area contributed by atoms with Crippen LogP contribution >= 0.6 is 11.6 Å². The molecule has 2 nitrogen and oxygen atoms in total. The van der Waals surface area contributed by atoms with E-state index in [1.54, 1.807) is 0 Å².